The molecule has 1 atom stereocenters. The lowest BCUT2D eigenvalue weighted by molar-refractivity contribution is -0.139. The normalized spacial score (nSPS) is 13.9. The summed E-state index contributed by atoms with van der Waals surface area (Å²) in [5, 5.41) is 0. The summed E-state index contributed by atoms with van der Waals surface area (Å²) >= 11 is 0. The molecule has 1 aromatic carbocycles. The first kappa shape index (κ1) is 14.5. The van der Waals surface area contributed by atoms with Crippen LogP contribution in [0.15, 0.2) is 29.2 Å². The number of hydrogen-bond donors (Lipinski definition) is 1. The molecular weight excluding hydrogens is 267 g/mol. The van der Waals surface area contributed by atoms with Crippen LogP contribution in [0.25, 0.3) is 0 Å². The second-order valence-corrected chi connectivity index (χ2v) is 5.19. The van der Waals surface area contributed by atoms with E-state index in [1.807, 2.05) is 4.72 Å². The van der Waals surface area contributed by atoms with Gasteiger partial charge in [-0.1, -0.05) is 18.1 Å². The van der Waals surface area contributed by atoms with Crippen molar-refractivity contribution in [2.75, 3.05) is 0 Å². The minimum Gasteiger partial charge on any atom is -0.207 e. The molecule has 0 heterocycles. The molecule has 0 saturated carbocycles. The predicted molar refractivity (Wildman–Crippen MR) is 60.1 cm³/mol. The Labute approximate surface area is 103 Å². The Morgan fingerprint density at radius 1 is 1.33 bits per heavy atom. The third kappa shape index (κ3) is 3.24. The fourth-order valence-electron chi connectivity index (χ4n) is 1.27. The Hall–Kier alpha value is -1.52. The molecule has 0 amide bonds. The maximum Gasteiger partial charge on any atom is 0.417 e. The highest BCUT2D eigenvalue weighted by Gasteiger charge is 2.36. The van der Waals surface area contributed by atoms with E-state index in [0.29, 0.717) is 6.07 Å². The van der Waals surface area contributed by atoms with Gasteiger partial charge in [-0.3, -0.25) is 0 Å². The van der Waals surface area contributed by atoms with Crippen molar-refractivity contribution in [3.05, 3.63) is 29.8 Å². The molecule has 3 nitrogen and oxygen atoms in total. The topological polar surface area (TPSA) is 46.2 Å². The molecule has 7 heteroatoms. The summed E-state index contributed by atoms with van der Waals surface area (Å²) in [6.45, 7) is 1.35. The predicted octanol–water partition coefficient (Wildman–Crippen LogP) is 2.01. The van der Waals surface area contributed by atoms with Crippen LogP contribution in [0.1, 0.15) is 12.5 Å². The summed E-state index contributed by atoms with van der Waals surface area (Å²) in [6, 6.07) is 3.02. The molecule has 1 N–H and O–H groups in total. The Morgan fingerprint density at radius 3 is 2.39 bits per heavy atom. The van der Waals surface area contributed by atoms with Gasteiger partial charge in [0.2, 0.25) is 10.0 Å². The molecule has 0 aliphatic rings. The van der Waals surface area contributed by atoms with Crippen molar-refractivity contribution in [2.45, 2.75) is 24.0 Å². The van der Waals surface area contributed by atoms with Gasteiger partial charge in [-0.2, -0.15) is 17.9 Å². The third-order valence-electron chi connectivity index (χ3n) is 2.06. The fraction of sp³-hybridized carbons (Fsp3) is 0.273. The van der Waals surface area contributed by atoms with Gasteiger partial charge in [-0.25, -0.2) is 8.42 Å². The van der Waals surface area contributed by atoms with Crippen LogP contribution in [0.3, 0.4) is 0 Å². The van der Waals surface area contributed by atoms with E-state index in [2.05, 4.69) is 5.92 Å². The summed E-state index contributed by atoms with van der Waals surface area (Å²) in [7, 11) is -4.30. The number of sulfonamides is 1. The van der Waals surface area contributed by atoms with Crippen molar-refractivity contribution in [2.24, 2.45) is 0 Å². The molecule has 0 radical (unpaired) electrons. The standard InChI is InChI=1S/C11H10F3NO2S/c1-3-8(2)15-18(16,17)10-7-5-4-6-9(10)11(12,13)14/h1,4-8,15H,2H3/t8-/m1/s1. The van der Waals surface area contributed by atoms with Crippen molar-refractivity contribution in [3.8, 4) is 12.3 Å². The van der Waals surface area contributed by atoms with Crippen molar-refractivity contribution in [1.82, 2.24) is 4.72 Å². The Kier molecular flexibility index (Phi) is 4.04. The fourth-order valence-corrected chi connectivity index (χ4v) is 2.66. The number of rotatable bonds is 3. The zero-order valence-corrected chi connectivity index (χ0v) is 10.1. The molecule has 1 aromatic rings. The molecule has 0 aliphatic carbocycles. The van der Waals surface area contributed by atoms with Gasteiger partial charge in [0.05, 0.1) is 16.5 Å². The van der Waals surface area contributed by atoms with Crippen molar-refractivity contribution in [3.63, 3.8) is 0 Å². The van der Waals surface area contributed by atoms with Crippen molar-refractivity contribution < 1.29 is 21.6 Å². The SMILES string of the molecule is C#C[C@@H](C)NS(=O)(=O)c1ccccc1C(F)(F)F. The van der Waals surface area contributed by atoms with E-state index < -0.39 is 32.7 Å². The molecule has 1 rings (SSSR count). The largest absolute Gasteiger partial charge is 0.417 e. The van der Waals surface area contributed by atoms with E-state index in [4.69, 9.17) is 6.42 Å². The second-order valence-electron chi connectivity index (χ2n) is 3.50. The average molecular weight is 277 g/mol. The van der Waals surface area contributed by atoms with Crippen molar-refractivity contribution in [1.29, 1.82) is 0 Å². The first-order chi connectivity index (χ1) is 8.18. The van der Waals surface area contributed by atoms with Crippen LogP contribution in [0.5, 0.6) is 0 Å². The van der Waals surface area contributed by atoms with Gasteiger partial charge in [0.15, 0.2) is 0 Å². The molecule has 0 aliphatic heterocycles. The van der Waals surface area contributed by atoms with Crippen LogP contribution in [0.2, 0.25) is 0 Å². The number of benzene rings is 1. The average Bonchev–Trinajstić information content (AvgIpc) is 2.27. The van der Waals surface area contributed by atoms with Crippen LogP contribution < -0.4 is 4.72 Å². The number of nitrogens with one attached hydrogen (secondary N) is 1. The summed E-state index contributed by atoms with van der Waals surface area (Å²) in [5.74, 6) is 2.08. The lowest BCUT2D eigenvalue weighted by Crippen LogP contribution is -2.32. The summed E-state index contributed by atoms with van der Waals surface area (Å²) in [4.78, 5) is -0.834. The van der Waals surface area contributed by atoms with E-state index in [1.54, 1.807) is 0 Å². The zero-order valence-electron chi connectivity index (χ0n) is 9.32. The molecule has 0 fully saturated rings. The molecule has 18 heavy (non-hydrogen) atoms. The van der Waals surface area contributed by atoms with Gasteiger partial charge in [0, 0.05) is 0 Å². The highest BCUT2D eigenvalue weighted by molar-refractivity contribution is 7.89. The number of terminal acetylenes is 1. The third-order valence-corrected chi connectivity index (χ3v) is 3.66. The summed E-state index contributed by atoms with van der Waals surface area (Å²) in [6.07, 6.45) is 0.237. The van der Waals surface area contributed by atoms with Crippen LogP contribution >= 0.6 is 0 Å². The second kappa shape index (κ2) is 5.00. The molecular formula is C11H10F3NO2S. The van der Waals surface area contributed by atoms with Crippen LogP contribution in [0, 0.1) is 12.3 Å². The number of halogens is 3. The highest BCUT2D eigenvalue weighted by atomic mass is 32.2. The molecule has 0 bridgehead atoms. The van der Waals surface area contributed by atoms with Gasteiger partial charge in [0.1, 0.15) is 0 Å². The highest BCUT2D eigenvalue weighted by Crippen LogP contribution is 2.33. The summed E-state index contributed by atoms with van der Waals surface area (Å²) < 4.78 is 63.5. The van der Waals surface area contributed by atoms with Gasteiger partial charge < -0.3 is 0 Å². The molecule has 0 aromatic heterocycles. The molecule has 0 unspecified atom stereocenters. The molecule has 98 valence electrons. The first-order valence-corrected chi connectivity index (χ1v) is 6.31. The van der Waals surface area contributed by atoms with Crippen LogP contribution in [0.4, 0.5) is 13.2 Å². The smallest absolute Gasteiger partial charge is 0.207 e. The quantitative estimate of drug-likeness (QED) is 0.859. The number of alkyl halides is 3. The summed E-state index contributed by atoms with van der Waals surface area (Å²) in [5.41, 5.74) is -1.22. The van der Waals surface area contributed by atoms with Crippen LogP contribution in [-0.4, -0.2) is 14.5 Å². The zero-order chi connectivity index (χ0) is 14.0. The van der Waals surface area contributed by atoms with Crippen molar-refractivity contribution >= 4 is 10.0 Å². The lowest BCUT2D eigenvalue weighted by Gasteiger charge is -2.14. The van der Waals surface area contributed by atoms with E-state index >= 15 is 0 Å². The van der Waals surface area contributed by atoms with E-state index in [-0.39, 0.29) is 0 Å². The number of hydrogen-bond acceptors (Lipinski definition) is 2. The van der Waals surface area contributed by atoms with E-state index in [1.165, 1.54) is 13.0 Å². The maximum absolute atomic E-state index is 12.7. The van der Waals surface area contributed by atoms with Gasteiger partial charge in [-0.05, 0) is 19.1 Å². The van der Waals surface area contributed by atoms with Gasteiger partial charge >= 0.3 is 6.18 Å². The van der Waals surface area contributed by atoms with E-state index in [9.17, 15) is 21.6 Å². The van der Waals surface area contributed by atoms with Gasteiger partial charge in [-0.15, -0.1) is 6.42 Å². The van der Waals surface area contributed by atoms with E-state index in [0.717, 1.165) is 12.1 Å². The van der Waals surface area contributed by atoms with Gasteiger partial charge in [0.25, 0.3) is 0 Å². The Balaban J connectivity index is 3.31. The molecule has 0 saturated heterocycles. The first-order valence-electron chi connectivity index (χ1n) is 4.83. The minimum absolute atomic E-state index is 0.703. The maximum atomic E-state index is 12.7. The molecule has 0 spiro atoms. The van der Waals surface area contributed by atoms with Crippen LogP contribution in [-0.2, 0) is 16.2 Å². The minimum atomic E-state index is -4.75. The lowest BCUT2D eigenvalue weighted by atomic mass is 10.2. The Bertz CT molecular complexity index is 573. The Morgan fingerprint density at radius 2 is 1.89 bits per heavy atom. The monoisotopic (exact) mass is 277 g/mol.